The molecule has 1 amide bonds. The van der Waals surface area contributed by atoms with Gasteiger partial charge in [-0.05, 0) is 13.0 Å². The fourth-order valence-corrected chi connectivity index (χ4v) is 3.66. The number of ether oxygens (including phenoxy) is 1. The fraction of sp³-hybridized carbons (Fsp3) is 0.235. The van der Waals surface area contributed by atoms with E-state index < -0.39 is 18.1 Å². The van der Waals surface area contributed by atoms with E-state index >= 15 is 0 Å². The smallest absolute Gasteiger partial charge is 0.423 e. The third kappa shape index (κ3) is 2.86. The molecule has 27 heavy (non-hydrogen) atoms. The molecule has 1 N–H and O–H groups in total. The first-order valence-corrected chi connectivity index (χ1v) is 8.81. The van der Waals surface area contributed by atoms with Crippen molar-refractivity contribution in [2.45, 2.75) is 25.7 Å². The number of hydrogen-bond donors (Lipinski definition) is 1. The summed E-state index contributed by atoms with van der Waals surface area (Å²) in [6, 6.07) is 5.60. The first kappa shape index (κ1) is 17.6. The first-order chi connectivity index (χ1) is 12.8. The van der Waals surface area contributed by atoms with E-state index in [0.29, 0.717) is 4.96 Å². The highest BCUT2D eigenvalue weighted by atomic mass is 32.1. The predicted octanol–water partition coefficient (Wildman–Crippen LogP) is 2.33. The summed E-state index contributed by atoms with van der Waals surface area (Å²) in [7, 11) is 0. The standard InChI is InChI=1S/C17H13F2N3O4S/c1-9(23)11-3-2-4-12-14(11)26-17(18,19)15(25)22(12)8-10-7-13(24)21-5-6-27-16(21)20-10/h2-7,9,23H,8H2,1H3. The Kier molecular flexibility index (Phi) is 3.97. The second-order valence-electron chi connectivity index (χ2n) is 6.02. The van der Waals surface area contributed by atoms with E-state index in [9.17, 15) is 23.5 Å². The van der Waals surface area contributed by atoms with Crippen molar-refractivity contribution >= 4 is 27.9 Å². The number of rotatable bonds is 3. The van der Waals surface area contributed by atoms with Crippen LogP contribution in [0.2, 0.25) is 0 Å². The number of para-hydroxylation sites is 1. The highest BCUT2D eigenvalue weighted by Crippen LogP contribution is 2.44. The van der Waals surface area contributed by atoms with Crippen LogP contribution in [0.1, 0.15) is 24.3 Å². The quantitative estimate of drug-likeness (QED) is 0.738. The molecule has 10 heteroatoms. The molecule has 1 aromatic carbocycles. The van der Waals surface area contributed by atoms with Gasteiger partial charge < -0.3 is 9.84 Å². The van der Waals surface area contributed by atoms with E-state index in [1.54, 1.807) is 11.6 Å². The minimum Gasteiger partial charge on any atom is -0.423 e. The Hall–Kier alpha value is -2.85. The Morgan fingerprint density at radius 1 is 1.37 bits per heavy atom. The minimum atomic E-state index is -4.10. The molecule has 2 aromatic heterocycles. The summed E-state index contributed by atoms with van der Waals surface area (Å²) >= 11 is 1.21. The zero-order valence-electron chi connectivity index (χ0n) is 13.9. The van der Waals surface area contributed by atoms with E-state index in [0.717, 1.165) is 4.90 Å². The molecule has 0 fully saturated rings. The number of thiazole rings is 1. The maximum Gasteiger partial charge on any atom is 0.483 e. The largest absolute Gasteiger partial charge is 0.483 e. The molecule has 3 aromatic rings. The van der Waals surface area contributed by atoms with Gasteiger partial charge in [-0.1, -0.05) is 12.1 Å². The van der Waals surface area contributed by atoms with Crippen molar-refractivity contribution < 1.29 is 23.4 Å². The van der Waals surface area contributed by atoms with Gasteiger partial charge in [0.2, 0.25) is 0 Å². The van der Waals surface area contributed by atoms with Crippen LogP contribution in [0.3, 0.4) is 0 Å². The number of nitrogens with zero attached hydrogens (tertiary/aromatic N) is 3. The number of aliphatic hydroxyl groups excluding tert-OH is 1. The van der Waals surface area contributed by atoms with Crippen LogP contribution in [-0.4, -0.2) is 26.5 Å². The summed E-state index contributed by atoms with van der Waals surface area (Å²) in [4.78, 5) is 29.9. The predicted molar refractivity (Wildman–Crippen MR) is 93.2 cm³/mol. The van der Waals surface area contributed by atoms with E-state index in [1.165, 1.54) is 46.9 Å². The van der Waals surface area contributed by atoms with E-state index in [4.69, 9.17) is 0 Å². The second kappa shape index (κ2) is 6.10. The molecule has 0 aliphatic carbocycles. The van der Waals surface area contributed by atoms with Gasteiger partial charge in [0.25, 0.3) is 5.56 Å². The van der Waals surface area contributed by atoms with Crippen molar-refractivity contribution in [1.29, 1.82) is 0 Å². The molecule has 1 aliphatic rings. The molecule has 4 rings (SSSR count). The van der Waals surface area contributed by atoms with Crippen molar-refractivity contribution in [2.24, 2.45) is 0 Å². The molecule has 0 saturated carbocycles. The number of alkyl halides is 2. The molecule has 140 valence electrons. The van der Waals surface area contributed by atoms with Crippen molar-refractivity contribution in [3.05, 3.63) is 57.5 Å². The van der Waals surface area contributed by atoms with Gasteiger partial charge in [-0.25, -0.2) is 4.98 Å². The lowest BCUT2D eigenvalue weighted by Gasteiger charge is -2.34. The van der Waals surface area contributed by atoms with Crippen molar-refractivity contribution in [2.75, 3.05) is 4.90 Å². The highest BCUT2D eigenvalue weighted by Gasteiger charge is 2.51. The lowest BCUT2D eigenvalue weighted by molar-refractivity contribution is -0.193. The Bertz CT molecular complexity index is 1110. The molecule has 1 aliphatic heterocycles. The molecule has 0 radical (unpaired) electrons. The van der Waals surface area contributed by atoms with Gasteiger partial charge in [0.1, 0.15) is 0 Å². The van der Waals surface area contributed by atoms with E-state index in [-0.39, 0.29) is 34.8 Å². The maximum absolute atomic E-state index is 14.2. The number of aromatic nitrogens is 2. The van der Waals surface area contributed by atoms with Crippen LogP contribution >= 0.6 is 11.3 Å². The monoisotopic (exact) mass is 393 g/mol. The van der Waals surface area contributed by atoms with Crippen LogP contribution in [-0.2, 0) is 11.3 Å². The van der Waals surface area contributed by atoms with Crippen LogP contribution in [0.4, 0.5) is 14.5 Å². The Morgan fingerprint density at radius 2 is 2.15 bits per heavy atom. The number of carbonyl (C=O) groups is 1. The summed E-state index contributed by atoms with van der Waals surface area (Å²) in [5, 5.41) is 11.5. The molecular weight excluding hydrogens is 380 g/mol. The van der Waals surface area contributed by atoms with Crippen LogP contribution in [0.25, 0.3) is 4.96 Å². The Morgan fingerprint density at radius 3 is 2.89 bits per heavy atom. The van der Waals surface area contributed by atoms with E-state index in [2.05, 4.69) is 9.72 Å². The number of hydrogen-bond acceptors (Lipinski definition) is 6. The highest BCUT2D eigenvalue weighted by molar-refractivity contribution is 7.15. The molecule has 7 nitrogen and oxygen atoms in total. The van der Waals surface area contributed by atoms with Crippen LogP contribution in [0.15, 0.2) is 40.6 Å². The molecule has 0 spiro atoms. The summed E-state index contributed by atoms with van der Waals surface area (Å²) in [6.07, 6.45) is -3.62. The van der Waals surface area contributed by atoms with Crippen molar-refractivity contribution in [1.82, 2.24) is 9.38 Å². The number of benzene rings is 1. The van der Waals surface area contributed by atoms with Gasteiger partial charge in [0.05, 0.1) is 24.0 Å². The average Bonchev–Trinajstić information content (AvgIpc) is 3.07. The average molecular weight is 393 g/mol. The number of amides is 1. The number of fused-ring (bicyclic) bond motifs is 2. The lowest BCUT2D eigenvalue weighted by Crippen LogP contribution is -2.50. The van der Waals surface area contributed by atoms with Crippen LogP contribution in [0, 0.1) is 0 Å². The van der Waals surface area contributed by atoms with Gasteiger partial charge in [-0.15, -0.1) is 11.3 Å². The SMILES string of the molecule is CC(O)c1cccc2c1OC(F)(F)C(=O)N2Cc1cc(=O)n2ccsc2n1. The summed E-state index contributed by atoms with van der Waals surface area (Å²) < 4.78 is 34.3. The minimum absolute atomic E-state index is 0.0810. The second-order valence-corrected chi connectivity index (χ2v) is 6.90. The molecule has 0 bridgehead atoms. The molecule has 1 unspecified atom stereocenters. The van der Waals surface area contributed by atoms with Gasteiger partial charge in [0.15, 0.2) is 10.7 Å². The normalized spacial score (nSPS) is 16.9. The third-order valence-corrected chi connectivity index (χ3v) is 4.92. The van der Waals surface area contributed by atoms with Crippen LogP contribution < -0.4 is 15.2 Å². The van der Waals surface area contributed by atoms with E-state index in [1.807, 2.05) is 0 Å². The molecule has 3 heterocycles. The van der Waals surface area contributed by atoms with Crippen molar-refractivity contribution in [3.8, 4) is 5.75 Å². The number of anilines is 1. The number of aliphatic hydroxyl groups is 1. The summed E-state index contributed by atoms with van der Waals surface area (Å²) in [6.45, 7) is 1.07. The summed E-state index contributed by atoms with van der Waals surface area (Å²) in [5.74, 6) is -1.84. The van der Waals surface area contributed by atoms with Crippen LogP contribution in [0.5, 0.6) is 5.75 Å². The zero-order chi connectivity index (χ0) is 19.3. The van der Waals surface area contributed by atoms with Gasteiger partial charge in [-0.2, -0.15) is 8.78 Å². The Labute approximate surface area is 155 Å². The lowest BCUT2D eigenvalue weighted by atomic mass is 10.1. The molecule has 1 atom stereocenters. The zero-order valence-corrected chi connectivity index (χ0v) is 14.7. The van der Waals surface area contributed by atoms with Crippen molar-refractivity contribution in [3.63, 3.8) is 0 Å². The number of halogens is 2. The number of carbonyl (C=O) groups excluding carboxylic acids is 1. The maximum atomic E-state index is 14.2. The Balaban J connectivity index is 1.83. The molecular formula is C17H13F2N3O4S. The first-order valence-electron chi connectivity index (χ1n) is 7.93. The molecule has 0 saturated heterocycles. The summed E-state index contributed by atoms with van der Waals surface area (Å²) in [5.41, 5.74) is 0.00693. The van der Waals surface area contributed by atoms with Gasteiger partial charge in [0, 0.05) is 23.2 Å². The van der Waals surface area contributed by atoms with Gasteiger partial charge in [-0.3, -0.25) is 18.9 Å². The van der Waals surface area contributed by atoms with Gasteiger partial charge >= 0.3 is 12.0 Å². The topological polar surface area (TPSA) is 84.1 Å². The fourth-order valence-electron chi connectivity index (χ4n) is 2.92. The third-order valence-electron chi connectivity index (χ3n) is 4.17.